The number of imide groups is 1. The van der Waals surface area contributed by atoms with E-state index in [2.05, 4.69) is 4.74 Å². The maximum atomic E-state index is 12.7. The first kappa shape index (κ1) is 21.1. The molecule has 1 aliphatic rings. The van der Waals surface area contributed by atoms with Crippen molar-refractivity contribution in [2.75, 3.05) is 13.2 Å². The van der Waals surface area contributed by atoms with Gasteiger partial charge in [-0.15, -0.1) is 0 Å². The van der Waals surface area contributed by atoms with E-state index in [0.29, 0.717) is 0 Å². The van der Waals surface area contributed by atoms with Crippen LogP contribution >= 0.6 is 0 Å². The van der Waals surface area contributed by atoms with Gasteiger partial charge in [-0.1, -0.05) is 41.5 Å². The van der Waals surface area contributed by atoms with Gasteiger partial charge in [-0.05, 0) is 10.8 Å². The smallest absolute Gasteiger partial charge is 0.341 e. The third-order valence-electron chi connectivity index (χ3n) is 3.91. The van der Waals surface area contributed by atoms with Crippen molar-refractivity contribution in [3.63, 3.8) is 0 Å². The van der Waals surface area contributed by atoms with Crippen LogP contribution in [0.4, 0.5) is 0 Å². The third-order valence-corrected chi connectivity index (χ3v) is 3.91. The summed E-state index contributed by atoms with van der Waals surface area (Å²) in [6, 6.07) is 0. The van der Waals surface area contributed by atoms with Gasteiger partial charge < -0.3 is 9.84 Å². The van der Waals surface area contributed by atoms with Crippen LogP contribution in [0.1, 0.15) is 41.5 Å². The van der Waals surface area contributed by atoms with Crippen molar-refractivity contribution in [3.05, 3.63) is 0 Å². The Kier molecular flexibility index (Phi) is 5.87. The second kappa shape index (κ2) is 6.68. The summed E-state index contributed by atoms with van der Waals surface area (Å²) < 4.78 is 4.52. The summed E-state index contributed by atoms with van der Waals surface area (Å²) in [7, 11) is 0. The van der Waals surface area contributed by atoms with Crippen LogP contribution in [0.2, 0.25) is 0 Å². The Morgan fingerprint density at radius 3 is 1.67 bits per heavy atom. The molecule has 1 aliphatic heterocycles. The molecule has 0 aliphatic carbocycles. The Morgan fingerprint density at radius 2 is 1.38 bits per heavy atom. The number of amides is 2. The minimum Gasteiger partial charge on any atom is -0.479 e. The maximum absolute atomic E-state index is 12.7. The summed E-state index contributed by atoms with van der Waals surface area (Å²) in [6.45, 7) is 9.95. The van der Waals surface area contributed by atoms with Gasteiger partial charge in [0, 0.05) is 0 Å². The number of nitrogens with zero attached hydrogens (tertiary/aromatic N) is 1. The zero-order valence-corrected chi connectivity index (χ0v) is 21.6. The molecule has 0 saturated carbocycles. The summed E-state index contributed by atoms with van der Waals surface area (Å²) in [5.74, 6) is -4.09. The number of likely N-dealkylation sites (tertiary alicyclic amines) is 1. The quantitative estimate of drug-likeness (QED) is 0.390. The van der Waals surface area contributed by atoms with Gasteiger partial charge >= 0.3 is 11.9 Å². The van der Waals surface area contributed by atoms with Crippen molar-refractivity contribution in [1.82, 2.24) is 4.90 Å². The molecule has 132 valence electrons. The Bertz CT molecular complexity index is 500. The Hall–Kier alpha value is -2.92. The van der Waals surface area contributed by atoms with Gasteiger partial charge in [0.2, 0.25) is 11.8 Å². The predicted octanol–water partition coefficient (Wildman–Crippen LogP) is 1.31. The molecule has 8 heteroatoms. The summed E-state index contributed by atoms with van der Waals surface area (Å²) in [6.07, 6.45) is 0. The third kappa shape index (κ3) is 4.30. The number of esters is 1. The van der Waals surface area contributed by atoms with Gasteiger partial charge in [-0.3, -0.25) is 19.3 Å². The molecule has 7 nitrogen and oxygen atoms in total. The second-order valence-corrected chi connectivity index (χ2v) is 8.00. The minimum atomic E-state index is -1.29. The van der Waals surface area contributed by atoms with Gasteiger partial charge in [0.25, 0.3) is 0 Å². The fourth-order valence-corrected chi connectivity index (χ4v) is 2.94. The first-order chi connectivity index (χ1) is 10.3. The SMILES string of the molecule is CC(C)(C)C1C(=O)N(CC(=O)OCC(=O)O)C(=O)C1C(C)(C)C.[Rf]. The van der Waals surface area contributed by atoms with E-state index in [-0.39, 0.29) is 0 Å². The van der Waals surface area contributed by atoms with E-state index in [4.69, 9.17) is 5.11 Å². The fraction of sp³-hybridized carbons (Fsp3) is 0.750. The molecule has 1 fully saturated rings. The number of carboxylic acid groups (broad SMARTS) is 1. The van der Waals surface area contributed by atoms with Crippen LogP contribution in [0.15, 0.2) is 0 Å². The van der Waals surface area contributed by atoms with Gasteiger partial charge in [0.05, 0.1) is 11.8 Å². The molecular formula is C16H25NO6Rf. The van der Waals surface area contributed by atoms with Crippen molar-refractivity contribution in [2.24, 2.45) is 22.7 Å². The summed E-state index contributed by atoms with van der Waals surface area (Å²) in [4.78, 5) is 48.3. The van der Waals surface area contributed by atoms with Gasteiger partial charge in [-0.2, -0.15) is 0 Å². The number of carbonyl (C=O) groups is 4. The molecule has 0 radical (unpaired) electrons. The number of aliphatic carboxylic acids is 1. The van der Waals surface area contributed by atoms with E-state index in [1.807, 2.05) is 41.5 Å². The van der Waals surface area contributed by atoms with Crippen molar-refractivity contribution in [1.29, 1.82) is 0 Å². The number of carbonyl (C=O) groups excluding carboxylic acids is 3. The molecule has 2 amide bonds. The van der Waals surface area contributed by atoms with E-state index in [9.17, 15) is 19.2 Å². The Labute approximate surface area is 136 Å². The molecule has 2 atom stereocenters. The summed E-state index contributed by atoms with van der Waals surface area (Å²) >= 11 is 0. The maximum Gasteiger partial charge on any atom is 0.341 e. The van der Waals surface area contributed by atoms with E-state index in [1.54, 1.807) is 0 Å². The minimum absolute atomic E-state index is 0. The van der Waals surface area contributed by atoms with Crippen LogP contribution in [-0.2, 0) is 23.9 Å². The number of rotatable bonds is 4. The first-order valence-corrected chi connectivity index (χ1v) is 7.49. The van der Waals surface area contributed by atoms with Crippen LogP contribution in [0.25, 0.3) is 0 Å². The van der Waals surface area contributed by atoms with Crippen molar-refractivity contribution < 1.29 is 29.0 Å². The standard InChI is InChI=1S/C16H25NO6.Rf/c1-15(2,3)11-12(16(4,5)6)14(22)17(13(11)21)7-10(20)23-8-9(18)19;/h11-12H,7-8H2,1-6H3,(H,18,19);. The van der Waals surface area contributed by atoms with Crippen LogP contribution in [0.5, 0.6) is 0 Å². The molecule has 0 aromatic rings. The zero-order valence-electron chi connectivity index (χ0n) is 15.2. The van der Waals surface area contributed by atoms with Crippen LogP contribution in [-0.4, -0.2) is 46.9 Å². The van der Waals surface area contributed by atoms with E-state index >= 15 is 0 Å². The zero-order chi connectivity index (χ0) is 18.2. The summed E-state index contributed by atoms with van der Waals surface area (Å²) in [5, 5.41) is 8.50. The fourth-order valence-electron chi connectivity index (χ4n) is 2.94. The van der Waals surface area contributed by atoms with Gasteiger partial charge in [-0.25, -0.2) is 4.79 Å². The molecule has 1 N–H and O–H groups in total. The van der Waals surface area contributed by atoms with Crippen LogP contribution < -0.4 is 0 Å². The molecule has 0 bridgehead atoms. The van der Waals surface area contributed by atoms with Crippen molar-refractivity contribution in [2.45, 2.75) is 41.5 Å². The normalized spacial score (nSPS) is 21.5. The number of hydrogen-bond acceptors (Lipinski definition) is 5. The first-order valence-electron chi connectivity index (χ1n) is 7.49. The monoisotopic (exact) mass is 594 g/mol. The van der Waals surface area contributed by atoms with Crippen molar-refractivity contribution in [3.8, 4) is 0 Å². The molecule has 1 saturated heterocycles. The van der Waals surface area contributed by atoms with Crippen LogP contribution in [0, 0.1) is 22.7 Å². The number of carboxylic acids is 1. The number of ether oxygens (including phenoxy) is 1. The van der Waals surface area contributed by atoms with Crippen molar-refractivity contribution >= 4 is 23.8 Å². The average molecular weight is 594 g/mol. The molecule has 0 aromatic heterocycles. The Morgan fingerprint density at radius 1 is 1.00 bits per heavy atom. The topological polar surface area (TPSA) is 101 Å². The molecule has 0 aromatic carbocycles. The number of hydrogen-bond donors (Lipinski definition) is 1. The predicted molar refractivity (Wildman–Crippen MR) is 81.2 cm³/mol. The molecule has 1 heterocycles. The second-order valence-electron chi connectivity index (χ2n) is 8.00. The molecular weight excluding hydrogens is 569 g/mol. The summed E-state index contributed by atoms with van der Waals surface area (Å²) in [5.41, 5.74) is -0.880. The van der Waals surface area contributed by atoms with E-state index < -0.39 is 59.6 Å². The molecule has 24 heavy (non-hydrogen) atoms. The van der Waals surface area contributed by atoms with Gasteiger partial charge in [0.1, 0.15) is 6.54 Å². The molecule has 0 spiro atoms. The van der Waals surface area contributed by atoms with E-state index in [1.165, 1.54) is 0 Å². The largest absolute Gasteiger partial charge is 0.479 e. The Balaban J connectivity index is 0.00000529. The average Bonchev–Trinajstić information content (AvgIpc) is 2.60. The van der Waals surface area contributed by atoms with Gasteiger partial charge in [0.15, 0.2) is 6.61 Å². The van der Waals surface area contributed by atoms with Crippen LogP contribution in [0.3, 0.4) is 0 Å². The van der Waals surface area contributed by atoms with E-state index in [0.717, 1.165) is 4.90 Å². The molecule has 2 unspecified atom stereocenters. The molecule has 1 rings (SSSR count).